The number of hydrogen-bond acceptors (Lipinski definition) is 10. The number of anilines is 1. The summed E-state index contributed by atoms with van der Waals surface area (Å²) < 4.78 is 31.0. The van der Waals surface area contributed by atoms with Crippen LogP contribution >= 0.6 is 0 Å². The number of primary amides is 1. The number of amides is 1. The van der Waals surface area contributed by atoms with Crippen LogP contribution < -0.4 is 11.1 Å². The molecule has 0 unspecified atom stereocenters. The number of halogens is 1. The highest BCUT2D eigenvalue weighted by atomic mass is 19.1. The van der Waals surface area contributed by atoms with Crippen LogP contribution in [0, 0.1) is 11.2 Å². The Hall–Kier alpha value is -4.75. The number of aromatic nitrogens is 5. The first kappa shape index (κ1) is 27.4. The fraction of sp³-hybridized carbons (Fsp3) is 0.310. The number of imidazole rings is 1. The van der Waals surface area contributed by atoms with Gasteiger partial charge in [-0.3, -0.25) is 14.6 Å². The Bertz CT molecular complexity index is 1600. The van der Waals surface area contributed by atoms with Crippen LogP contribution in [0.2, 0.25) is 0 Å². The Morgan fingerprint density at radius 3 is 2.55 bits per heavy atom. The van der Waals surface area contributed by atoms with E-state index in [1.54, 1.807) is 43.7 Å². The van der Waals surface area contributed by atoms with E-state index in [9.17, 15) is 14.0 Å². The summed E-state index contributed by atoms with van der Waals surface area (Å²) >= 11 is 0. The summed E-state index contributed by atoms with van der Waals surface area (Å²) in [6, 6.07) is 11.4. The second kappa shape index (κ2) is 10.9. The number of hydrogen-bond donors (Lipinski definition) is 3. The van der Waals surface area contributed by atoms with Crippen LogP contribution in [0.1, 0.15) is 37.4 Å². The average Bonchev–Trinajstić information content (AvgIpc) is 3.66. The van der Waals surface area contributed by atoms with Gasteiger partial charge in [0.2, 0.25) is 12.2 Å². The minimum atomic E-state index is -1.24. The maximum atomic E-state index is 13.7. The van der Waals surface area contributed by atoms with Crippen molar-refractivity contribution in [2.45, 2.75) is 38.2 Å². The number of nitrogens with zero attached hydrogens (tertiary/aromatic N) is 4. The molecule has 216 valence electrons. The van der Waals surface area contributed by atoms with E-state index >= 15 is 0 Å². The van der Waals surface area contributed by atoms with Gasteiger partial charge in [-0.2, -0.15) is 0 Å². The van der Waals surface area contributed by atoms with E-state index in [2.05, 4.69) is 25.3 Å². The lowest BCUT2D eigenvalue weighted by Crippen LogP contribution is -2.47. The van der Waals surface area contributed by atoms with Crippen LogP contribution in [0.5, 0.6) is 0 Å². The van der Waals surface area contributed by atoms with E-state index in [0.29, 0.717) is 53.8 Å². The van der Waals surface area contributed by atoms with E-state index in [1.165, 1.54) is 12.1 Å². The molecule has 1 amide bonds. The number of carbonyl (C=O) groups excluding carboxylic acids is 2. The van der Waals surface area contributed by atoms with Crippen molar-refractivity contribution in [3.8, 4) is 22.6 Å². The lowest BCUT2D eigenvalue weighted by Gasteiger charge is -2.35. The number of esters is 1. The summed E-state index contributed by atoms with van der Waals surface area (Å²) in [7, 11) is 0. The van der Waals surface area contributed by atoms with Crippen molar-refractivity contribution in [2.24, 2.45) is 11.1 Å². The van der Waals surface area contributed by atoms with Crippen LogP contribution in [0.25, 0.3) is 22.6 Å². The molecule has 12 nitrogen and oxygen atoms in total. The van der Waals surface area contributed by atoms with E-state index in [-0.39, 0.29) is 19.0 Å². The number of pyridine rings is 1. The van der Waals surface area contributed by atoms with Crippen molar-refractivity contribution in [3.05, 3.63) is 78.3 Å². The Morgan fingerprint density at radius 2 is 1.88 bits per heavy atom. The highest BCUT2D eigenvalue weighted by Gasteiger charge is 2.55. The molecule has 0 spiro atoms. The number of H-pyrrole nitrogens is 1. The molecule has 0 radical (unpaired) electrons. The number of benzene rings is 1. The standard InChI is InChI=1S/C29H28FN7O5/c1-28(26(39)42-29(9-10-29)25(31)38)15-40-24(41-16-28)23-36-21(18-4-6-19(30)7-5-18)22(37-23)20-8-12-33-27(35-20)34-14-17-3-2-11-32-13-17/h2-8,11-13,24H,9-10,14-16H2,1H3,(H2,31,38)(H,36,37)(H,33,34,35). The minimum Gasteiger partial charge on any atom is -0.448 e. The Labute approximate surface area is 239 Å². The molecule has 4 aromatic rings. The third kappa shape index (κ3) is 5.56. The number of nitrogens with one attached hydrogen (secondary N) is 2. The molecule has 1 saturated heterocycles. The zero-order valence-electron chi connectivity index (χ0n) is 22.7. The normalized spacial score (nSPS) is 21.0. The highest BCUT2D eigenvalue weighted by Crippen LogP contribution is 2.42. The van der Waals surface area contributed by atoms with E-state index in [4.69, 9.17) is 24.9 Å². The van der Waals surface area contributed by atoms with Gasteiger partial charge in [0.15, 0.2) is 11.4 Å². The van der Waals surface area contributed by atoms with Gasteiger partial charge in [0.05, 0.1) is 30.3 Å². The van der Waals surface area contributed by atoms with Gasteiger partial charge in [0, 0.05) is 43.5 Å². The SMILES string of the molecule is CC1(C(=O)OC2(C(N)=O)CC2)COC(c2nc(-c3ccc(F)cc3)c(-c3ccnc(NCc4cccnc4)n3)[nH]2)OC1. The lowest BCUT2D eigenvalue weighted by atomic mass is 9.92. The van der Waals surface area contributed by atoms with Gasteiger partial charge >= 0.3 is 5.97 Å². The summed E-state index contributed by atoms with van der Waals surface area (Å²) in [5, 5.41) is 3.19. The lowest BCUT2D eigenvalue weighted by molar-refractivity contribution is -0.240. The van der Waals surface area contributed by atoms with E-state index in [1.807, 2.05) is 12.1 Å². The molecule has 1 aliphatic heterocycles. The summed E-state index contributed by atoms with van der Waals surface area (Å²) in [6.45, 7) is 2.04. The molecule has 42 heavy (non-hydrogen) atoms. The Kier molecular flexibility index (Phi) is 7.12. The first-order chi connectivity index (χ1) is 20.2. The largest absolute Gasteiger partial charge is 0.448 e. The highest BCUT2D eigenvalue weighted by molar-refractivity contribution is 5.90. The topological polar surface area (TPSA) is 167 Å². The van der Waals surface area contributed by atoms with Crippen molar-refractivity contribution in [3.63, 3.8) is 0 Å². The predicted molar refractivity (Wildman–Crippen MR) is 147 cm³/mol. The van der Waals surface area contributed by atoms with Crippen molar-refractivity contribution in [1.82, 2.24) is 24.9 Å². The number of carbonyl (C=O) groups is 2. The smallest absolute Gasteiger partial charge is 0.317 e. The van der Waals surface area contributed by atoms with Crippen molar-refractivity contribution in [2.75, 3.05) is 18.5 Å². The number of nitrogens with two attached hydrogens (primary N) is 1. The summed E-state index contributed by atoms with van der Waals surface area (Å²) in [4.78, 5) is 45.6. The Morgan fingerprint density at radius 1 is 1.12 bits per heavy atom. The number of ether oxygens (including phenoxy) is 3. The molecule has 0 bridgehead atoms. The van der Waals surface area contributed by atoms with E-state index in [0.717, 1.165) is 5.56 Å². The van der Waals surface area contributed by atoms with Crippen molar-refractivity contribution >= 4 is 17.8 Å². The zero-order valence-corrected chi connectivity index (χ0v) is 22.7. The second-order valence-corrected chi connectivity index (χ2v) is 10.6. The molecule has 13 heteroatoms. The van der Waals surface area contributed by atoms with Crippen LogP contribution in [-0.2, 0) is 30.3 Å². The fourth-order valence-corrected chi connectivity index (χ4v) is 4.47. The van der Waals surface area contributed by atoms with Gasteiger partial charge in [0.25, 0.3) is 5.91 Å². The molecule has 2 aliphatic rings. The average molecular weight is 574 g/mol. The molecule has 4 heterocycles. The molecule has 0 atom stereocenters. The third-order valence-corrected chi connectivity index (χ3v) is 7.19. The van der Waals surface area contributed by atoms with Crippen molar-refractivity contribution < 1.29 is 28.2 Å². The molecule has 1 aliphatic carbocycles. The van der Waals surface area contributed by atoms with Gasteiger partial charge in [0.1, 0.15) is 11.2 Å². The molecular formula is C29H28FN7O5. The molecule has 4 N–H and O–H groups in total. The first-order valence-electron chi connectivity index (χ1n) is 13.3. The predicted octanol–water partition coefficient (Wildman–Crippen LogP) is 3.29. The fourth-order valence-electron chi connectivity index (χ4n) is 4.47. The molecule has 6 rings (SSSR count). The maximum Gasteiger partial charge on any atom is 0.317 e. The first-order valence-corrected chi connectivity index (χ1v) is 13.3. The van der Waals surface area contributed by atoms with Gasteiger partial charge in [-0.1, -0.05) is 6.07 Å². The summed E-state index contributed by atoms with van der Waals surface area (Å²) in [5.41, 5.74) is 6.20. The van der Waals surface area contributed by atoms with Crippen LogP contribution in [0.15, 0.2) is 61.1 Å². The molecule has 1 saturated carbocycles. The van der Waals surface area contributed by atoms with Crippen molar-refractivity contribution in [1.29, 1.82) is 0 Å². The minimum absolute atomic E-state index is 0.0385. The third-order valence-electron chi connectivity index (χ3n) is 7.19. The van der Waals surface area contributed by atoms with Crippen LogP contribution in [-0.4, -0.2) is 55.6 Å². The maximum absolute atomic E-state index is 13.7. The van der Waals surface area contributed by atoms with Gasteiger partial charge in [-0.15, -0.1) is 0 Å². The summed E-state index contributed by atoms with van der Waals surface area (Å²) in [5.74, 6) is -0.932. The van der Waals surface area contributed by atoms with Gasteiger partial charge in [-0.05, 0) is 48.9 Å². The number of rotatable bonds is 9. The van der Waals surface area contributed by atoms with E-state index < -0.39 is 29.2 Å². The van der Waals surface area contributed by atoms with Gasteiger partial charge in [-0.25, -0.2) is 19.3 Å². The van der Waals surface area contributed by atoms with Crippen LogP contribution in [0.4, 0.5) is 10.3 Å². The second-order valence-electron chi connectivity index (χ2n) is 10.6. The zero-order chi connectivity index (χ0) is 29.3. The molecule has 2 fully saturated rings. The monoisotopic (exact) mass is 573 g/mol. The molecular weight excluding hydrogens is 545 g/mol. The Balaban J connectivity index is 1.24. The number of aromatic amines is 1. The quantitative estimate of drug-likeness (QED) is 0.253. The van der Waals surface area contributed by atoms with Crippen LogP contribution in [0.3, 0.4) is 0 Å². The molecule has 3 aromatic heterocycles. The van der Waals surface area contributed by atoms with Gasteiger partial charge < -0.3 is 30.2 Å². The molecule has 1 aromatic carbocycles. The summed E-state index contributed by atoms with van der Waals surface area (Å²) in [6.07, 6.45) is 4.94.